The Hall–Kier alpha value is -2.44. The molecule has 1 atom stereocenters. The van der Waals surface area contributed by atoms with Crippen molar-refractivity contribution in [2.24, 2.45) is 0 Å². The first-order valence-corrected chi connectivity index (χ1v) is 8.56. The highest BCUT2D eigenvalue weighted by atomic mass is 32.1. The van der Waals surface area contributed by atoms with Crippen LogP contribution < -0.4 is 14.8 Å². The van der Waals surface area contributed by atoms with Crippen molar-refractivity contribution in [3.05, 3.63) is 47.6 Å². The van der Waals surface area contributed by atoms with E-state index in [1.807, 2.05) is 37.4 Å². The number of ether oxygens (including phenoxy) is 2. The Bertz CT molecular complexity index is 864. The van der Waals surface area contributed by atoms with Crippen molar-refractivity contribution in [1.82, 2.24) is 15.3 Å². The van der Waals surface area contributed by atoms with E-state index in [1.165, 1.54) is 4.88 Å². The van der Waals surface area contributed by atoms with Crippen molar-refractivity contribution in [3.63, 3.8) is 0 Å². The first kappa shape index (κ1) is 15.1. The lowest BCUT2D eigenvalue weighted by Gasteiger charge is -2.10. The van der Waals surface area contributed by atoms with E-state index in [9.17, 15) is 0 Å². The van der Waals surface area contributed by atoms with Gasteiger partial charge in [-0.1, -0.05) is 0 Å². The number of thiazole rings is 1. The van der Waals surface area contributed by atoms with Crippen LogP contribution in [-0.4, -0.2) is 23.8 Å². The maximum absolute atomic E-state index is 5.51. The van der Waals surface area contributed by atoms with Crippen molar-refractivity contribution in [2.75, 3.05) is 13.8 Å². The number of aromatic nitrogens is 2. The minimum absolute atomic E-state index is 0.207. The van der Waals surface area contributed by atoms with Crippen molar-refractivity contribution >= 4 is 11.3 Å². The number of fused-ring (bicyclic) bond motifs is 1. The first-order valence-electron chi connectivity index (χ1n) is 7.74. The fraction of sp³-hybridized carbons (Fsp3) is 0.222. The standard InChI is InChI=1S/C18H17N3O2S/c1-11(19-2)17-16(13-3-4-14-15(9-13)23-10-22-14)21-18(24-17)12-5-7-20-8-6-12/h3-9,11,19H,10H2,1-2H3. The molecule has 0 saturated carbocycles. The molecule has 4 rings (SSSR count). The predicted molar refractivity (Wildman–Crippen MR) is 94.4 cm³/mol. The average molecular weight is 339 g/mol. The Balaban J connectivity index is 1.83. The molecule has 0 aliphatic carbocycles. The number of hydrogen-bond acceptors (Lipinski definition) is 6. The smallest absolute Gasteiger partial charge is 0.231 e. The van der Waals surface area contributed by atoms with Gasteiger partial charge in [-0.05, 0) is 44.3 Å². The van der Waals surface area contributed by atoms with Crippen LogP contribution in [0.2, 0.25) is 0 Å². The highest BCUT2D eigenvalue weighted by Gasteiger charge is 2.21. The van der Waals surface area contributed by atoms with Crippen molar-refractivity contribution in [1.29, 1.82) is 0 Å². The maximum Gasteiger partial charge on any atom is 0.231 e. The largest absolute Gasteiger partial charge is 0.454 e. The zero-order chi connectivity index (χ0) is 16.5. The lowest BCUT2D eigenvalue weighted by atomic mass is 10.1. The fourth-order valence-corrected chi connectivity index (χ4v) is 3.78. The van der Waals surface area contributed by atoms with Crippen LogP contribution in [0.3, 0.4) is 0 Å². The molecule has 1 aliphatic heterocycles. The molecule has 24 heavy (non-hydrogen) atoms. The Morgan fingerprint density at radius 1 is 1.08 bits per heavy atom. The molecule has 1 aliphatic rings. The summed E-state index contributed by atoms with van der Waals surface area (Å²) in [5, 5.41) is 4.30. The zero-order valence-corrected chi connectivity index (χ0v) is 14.3. The van der Waals surface area contributed by atoms with E-state index in [0.717, 1.165) is 33.3 Å². The molecule has 5 nitrogen and oxygen atoms in total. The third-order valence-corrected chi connectivity index (χ3v) is 5.34. The van der Waals surface area contributed by atoms with Crippen molar-refractivity contribution in [3.8, 4) is 33.3 Å². The van der Waals surface area contributed by atoms with Crippen LogP contribution in [-0.2, 0) is 0 Å². The summed E-state index contributed by atoms with van der Waals surface area (Å²) >= 11 is 1.70. The molecule has 2 aromatic heterocycles. The topological polar surface area (TPSA) is 56.3 Å². The molecule has 1 N–H and O–H groups in total. The molecular weight excluding hydrogens is 322 g/mol. The molecule has 6 heteroatoms. The number of hydrogen-bond donors (Lipinski definition) is 1. The van der Waals surface area contributed by atoms with Gasteiger partial charge in [0.25, 0.3) is 0 Å². The Labute approximate surface area is 144 Å². The Morgan fingerprint density at radius 2 is 1.88 bits per heavy atom. The van der Waals surface area contributed by atoms with E-state index in [4.69, 9.17) is 14.5 Å². The molecule has 0 amide bonds. The summed E-state index contributed by atoms with van der Waals surface area (Å²) in [6.07, 6.45) is 3.58. The highest BCUT2D eigenvalue weighted by Crippen LogP contribution is 2.41. The van der Waals surface area contributed by atoms with E-state index in [0.29, 0.717) is 0 Å². The maximum atomic E-state index is 5.51. The molecule has 3 heterocycles. The molecule has 0 fully saturated rings. The van der Waals surface area contributed by atoms with Crippen LogP contribution >= 0.6 is 11.3 Å². The molecular formula is C18H17N3O2S. The quantitative estimate of drug-likeness (QED) is 0.782. The third kappa shape index (κ3) is 2.64. The van der Waals surface area contributed by atoms with E-state index < -0.39 is 0 Å². The van der Waals surface area contributed by atoms with Gasteiger partial charge in [-0.15, -0.1) is 11.3 Å². The minimum atomic E-state index is 0.207. The summed E-state index contributed by atoms with van der Waals surface area (Å²) in [7, 11) is 1.96. The Kier molecular flexibility index (Phi) is 3.92. The van der Waals surface area contributed by atoms with Crippen molar-refractivity contribution in [2.45, 2.75) is 13.0 Å². The Morgan fingerprint density at radius 3 is 2.67 bits per heavy atom. The lowest BCUT2D eigenvalue weighted by Crippen LogP contribution is -2.11. The molecule has 122 valence electrons. The van der Waals surface area contributed by atoms with E-state index in [2.05, 4.69) is 17.2 Å². The highest BCUT2D eigenvalue weighted by molar-refractivity contribution is 7.15. The van der Waals surface area contributed by atoms with Gasteiger partial charge in [0.05, 0.1) is 5.69 Å². The van der Waals surface area contributed by atoms with Crippen LogP contribution in [0.1, 0.15) is 17.8 Å². The molecule has 0 radical (unpaired) electrons. The van der Waals surface area contributed by atoms with E-state index in [1.54, 1.807) is 23.7 Å². The third-order valence-electron chi connectivity index (χ3n) is 4.05. The number of rotatable bonds is 4. The number of pyridine rings is 1. The molecule has 3 aromatic rings. The molecule has 0 spiro atoms. The normalized spacial score (nSPS) is 13.9. The van der Waals surface area contributed by atoms with Crippen LogP contribution in [0.5, 0.6) is 11.5 Å². The van der Waals surface area contributed by atoms with Crippen molar-refractivity contribution < 1.29 is 9.47 Å². The van der Waals surface area contributed by atoms with Gasteiger partial charge in [0, 0.05) is 34.4 Å². The lowest BCUT2D eigenvalue weighted by molar-refractivity contribution is 0.174. The van der Waals surface area contributed by atoms with Gasteiger partial charge in [0.2, 0.25) is 6.79 Å². The fourth-order valence-electron chi connectivity index (χ4n) is 2.63. The summed E-state index contributed by atoms with van der Waals surface area (Å²) in [5.74, 6) is 1.56. The van der Waals surface area contributed by atoms with Crippen LogP contribution in [0.15, 0.2) is 42.7 Å². The van der Waals surface area contributed by atoms with Crippen LogP contribution in [0, 0.1) is 0 Å². The summed E-state index contributed by atoms with van der Waals surface area (Å²) in [4.78, 5) is 10.2. The van der Waals surface area contributed by atoms with Gasteiger partial charge >= 0.3 is 0 Å². The predicted octanol–water partition coefficient (Wildman–Crippen LogP) is 3.88. The van der Waals surface area contributed by atoms with Gasteiger partial charge in [0.1, 0.15) is 5.01 Å². The molecule has 0 saturated heterocycles. The summed E-state index contributed by atoms with van der Waals surface area (Å²) < 4.78 is 10.9. The second kappa shape index (κ2) is 6.22. The number of nitrogens with zero attached hydrogens (tertiary/aromatic N) is 2. The van der Waals surface area contributed by atoms with Gasteiger partial charge in [-0.25, -0.2) is 4.98 Å². The SMILES string of the molecule is CNC(C)c1sc(-c2ccncc2)nc1-c1ccc2c(c1)OCO2. The second-order valence-electron chi connectivity index (χ2n) is 5.55. The number of benzene rings is 1. The zero-order valence-electron chi connectivity index (χ0n) is 13.4. The molecule has 0 bridgehead atoms. The average Bonchev–Trinajstić information content (AvgIpc) is 3.28. The van der Waals surface area contributed by atoms with E-state index in [-0.39, 0.29) is 12.8 Å². The molecule has 1 aromatic carbocycles. The minimum Gasteiger partial charge on any atom is -0.454 e. The summed E-state index contributed by atoms with van der Waals surface area (Å²) in [5.41, 5.74) is 3.09. The second-order valence-corrected chi connectivity index (χ2v) is 6.58. The van der Waals surface area contributed by atoms with Crippen LogP contribution in [0.25, 0.3) is 21.8 Å². The van der Waals surface area contributed by atoms with Gasteiger partial charge < -0.3 is 14.8 Å². The number of nitrogens with one attached hydrogen (secondary N) is 1. The summed E-state index contributed by atoms with van der Waals surface area (Å²) in [6, 6.07) is 10.1. The van der Waals surface area contributed by atoms with Gasteiger partial charge in [-0.3, -0.25) is 4.98 Å². The van der Waals surface area contributed by atoms with E-state index >= 15 is 0 Å². The van der Waals surface area contributed by atoms with Gasteiger partial charge in [0.15, 0.2) is 11.5 Å². The first-order chi connectivity index (χ1) is 11.8. The van der Waals surface area contributed by atoms with Gasteiger partial charge in [-0.2, -0.15) is 0 Å². The van der Waals surface area contributed by atoms with Crippen LogP contribution in [0.4, 0.5) is 0 Å². The molecule has 1 unspecified atom stereocenters. The summed E-state index contributed by atoms with van der Waals surface area (Å²) in [6.45, 7) is 2.41. The monoisotopic (exact) mass is 339 g/mol.